The lowest BCUT2D eigenvalue weighted by molar-refractivity contribution is -0.384. The van der Waals surface area contributed by atoms with Gasteiger partial charge in [0.25, 0.3) is 11.6 Å². The minimum atomic E-state index is -0.441. The zero-order valence-electron chi connectivity index (χ0n) is 15.3. The van der Waals surface area contributed by atoms with Crippen molar-refractivity contribution in [3.8, 4) is 11.3 Å². The van der Waals surface area contributed by atoms with Gasteiger partial charge in [-0.05, 0) is 42.7 Å². The zero-order valence-corrected chi connectivity index (χ0v) is 16.1. The summed E-state index contributed by atoms with van der Waals surface area (Å²) in [6.07, 6.45) is 3.99. The van der Waals surface area contributed by atoms with Crippen molar-refractivity contribution in [1.82, 2.24) is 4.90 Å². The Morgan fingerprint density at radius 1 is 1.36 bits per heavy atom. The Morgan fingerprint density at radius 2 is 2.21 bits per heavy atom. The Bertz CT molecular complexity index is 995. The van der Waals surface area contributed by atoms with Crippen LogP contribution in [0.1, 0.15) is 25.5 Å². The third kappa shape index (κ3) is 3.87. The summed E-state index contributed by atoms with van der Waals surface area (Å²) in [4.78, 5) is 29.7. The number of hydrogen-bond donors (Lipinski definition) is 0. The molecule has 0 aliphatic carbocycles. The molecule has 7 nitrogen and oxygen atoms in total. The molecule has 1 aromatic heterocycles. The minimum absolute atomic E-state index is 0.00383. The van der Waals surface area contributed by atoms with E-state index in [0.29, 0.717) is 27.9 Å². The van der Waals surface area contributed by atoms with Crippen molar-refractivity contribution in [3.05, 3.63) is 57.2 Å². The van der Waals surface area contributed by atoms with E-state index in [2.05, 4.69) is 16.8 Å². The second-order valence-corrected chi connectivity index (χ2v) is 8.02. The normalized spacial score (nSPS) is 21.2. The molecule has 144 valence electrons. The number of amides is 1. The molecule has 4 rings (SSSR count). The third-order valence-corrected chi connectivity index (χ3v) is 5.82. The quantitative estimate of drug-likeness (QED) is 0.429. The number of amidine groups is 1. The number of likely N-dealkylation sites (tertiary alicyclic amines) is 1. The first kappa shape index (κ1) is 18.5. The largest absolute Gasteiger partial charge is 0.457 e. The standard InChI is InChI=1S/C20H19N3O4S/c1-13-4-3-9-22(12-13)20-21-19(24)18(28-20)11-16-7-8-17(27-16)14-5-2-6-15(10-14)23(25)26/h2,5-8,10-11,13H,3-4,9,12H2,1H3/b18-11+/t13-/m0/s1. The Morgan fingerprint density at radius 3 is 3.00 bits per heavy atom. The van der Waals surface area contributed by atoms with Crippen LogP contribution in [-0.2, 0) is 4.79 Å². The van der Waals surface area contributed by atoms with Crippen molar-refractivity contribution in [1.29, 1.82) is 0 Å². The van der Waals surface area contributed by atoms with Crippen molar-refractivity contribution in [3.63, 3.8) is 0 Å². The van der Waals surface area contributed by atoms with Crippen molar-refractivity contribution < 1.29 is 14.1 Å². The monoisotopic (exact) mass is 397 g/mol. The molecule has 0 bridgehead atoms. The number of nitrogens with zero attached hydrogens (tertiary/aromatic N) is 3. The van der Waals surface area contributed by atoms with Gasteiger partial charge in [-0.2, -0.15) is 4.99 Å². The summed E-state index contributed by atoms with van der Waals surface area (Å²) in [5.74, 6) is 1.37. The minimum Gasteiger partial charge on any atom is -0.457 e. The van der Waals surface area contributed by atoms with Crippen LogP contribution in [0.4, 0.5) is 5.69 Å². The van der Waals surface area contributed by atoms with E-state index in [1.807, 2.05) is 0 Å². The molecule has 0 radical (unpaired) electrons. The maximum Gasteiger partial charge on any atom is 0.286 e. The maximum atomic E-state index is 12.3. The summed E-state index contributed by atoms with van der Waals surface area (Å²) < 4.78 is 5.78. The fourth-order valence-corrected chi connectivity index (χ4v) is 4.31. The van der Waals surface area contributed by atoms with Gasteiger partial charge in [0.15, 0.2) is 5.17 Å². The molecule has 1 aromatic carbocycles. The highest BCUT2D eigenvalue weighted by atomic mass is 32.2. The number of piperidine rings is 1. The van der Waals surface area contributed by atoms with E-state index < -0.39 is 4.92 Å². The number of nitro benzene ring substituents is 1. The Labute approximate surface area is 166 Å². The van der Waals surface area contributed by atoms with Crippen LogP contribution in [0.25, 0.3) is 17.4 Å². The lowest BCUT2D eigenvalue weighted by Crippen LogP contribution is -2.37. The molecule has 0 N–H and O–H groups in total. The molecule has 1 atom stereocenters. The molecule has 3 heterocycles. The average Bonchev–Trinajstić information content (AvgIpc) is 3.29. The van der Waals surface area contributed by atoms with Gasteiger partial charge in [-0.25, -0.2) is 0 Å². The predicted octanol–water partition coefficient (Wildman–Crippen LogP) is 4.56. The number of furan rings is 1. The van der Waals surface area contributed by atoms with Gasteiger partial charge in [0, 0.05) is 36.9 Å². The molecule has 0 unspecified atom stereocenters. The van der Waals surface area contributed by atoms with E-state index >= 15 is 0 Å². The van der Waals surface area contributed by atoms with Gasteiger partial charge in [0.05, 0.1) is 9.83 Å². The number of carbonyl (C=O) groups is 1. The van der Waals surface area contributed by atoms with Crippen LogP contribution in [0.2, 0.25) is 0 Å². The van der Waals surface area contributed by atoms with Gasteiger partial charge in [-0.3, -0.25) is 14.9 Å². The first-order valence-electron chi connectivity index (χ1n) is 9.12. The van der Waals surface area contributed by atoms with Gasteiger partial charge in [0.1, 0.15) is 11.5 Å². The number of hydrogen-bond acceptors (Lipinski definition) is 6. The van der Waals surface area contributed by atoms with Crippen molar-refractivity contribution in [2.24, 2.45) is 10.9 Å². The van der Waals surface area contributed by atoms with E-state index in [1.54, 1.807) is 30.3 Å². The highest BCUT2D eigenvalue weighted by Gasteiger charge is 2.28. The summed E-state index contributed by atoms with van der Waals surface area (Å²) in [7, 11) is 0. The van der Waals surface area contributed by atoms with Crippen LogP contribution in [0.15, 0.2) is 50.7 Å². The lowest BCUT2D eigenvalue weighted by Gasteiger charge is -2.31. The Hall–Kier alpha value is -2.87. The number of thioether (sulfide) groups is 1. The average molecular weight is 397 g/mol. The predicted molar refractivity (Wildman–Crippen MR) is 109 cm³/mol. The van der Waals surface area contributed by atoms with Crippen LogP contribution in [0.3, 0.4) is 0 Å². The second kappa shape index (κ2) is 7.63. The molecule has 8 heteroatoms. The number of aliphatic imine (C=N–C) groups is 1. The molecule has 1 amide bonds. The van der Waals surface area contributed by atoms with Crippen LogP contribution in [-0.4, -0.2) is 34.0 Å². The Kier molecular flexibility index (Phi) is 5.04. The molecule has 2 aliphatic heterocycles. The summed E-state index contributed by atoms with van der Waals surface area (Å²) >= 11 is 1.37. The smallest absolute Gasteiger partial charge is 0.286 e. The number of non-ortho nitro benzene ring substituents is 1. The SMILES string of the molecule is C[C@H]1CCCN(C2=NC(=O)/C(=C\c3ccc(-c4cccc([N+](=O)[O-])c4)o3)S2)C1. The highest BCUT2D eigenvalue weighted by Crippen LogP contribution is 2.33. The number of nitro groups is 1. The van der Waals surface area contributed by atoms with Gasteiger partial charge in [-0.15, -0.1) is 0 Å². The number of carbonyl (C=O) groups excluding carboxylic acids is 1. The maximum absolute atomic E-state index is 12.3. The summed E-state index contributed by atoms with van der Waals surface area (Å²) in [6, 6.07) is 9.74. The molecular weight excluding hydrogens is 378 g/mol. The first-order valence-corrected chi connectivity index (χ1v) is 9.93. The fourth-order valence-electron chi connectivity index (χ4n) is 3.38. The lowest BCUT2D eigenvalue weighted by atomic mass is 10.0. The first-order chi connectivity index (χ1) is 13.5. The van der Waals surface area contributed by atoms with E-state index in [0.717, 1.165) is 24.7 Å². The van der Waals surface area contributed by atoms with E-state index in [-0.39, 0.29) is 11.6 Å². The summed E-state index contributed by atoms with van der Waals surface area (Å²) in [5, 5.41) is 11.7. The van der Waals surface area contributed by atoms with Crippen LogP contribution >= 0.6 is 11.8 Å². The topological polar surface area (TPSA) is 89.0 Å². The van der Waals surface area contributed by atoms with Crippen molar-refractivity contribution in [2.45, 2.75) is 19.8 Å². The highest BCUT2D eigenvalue weighted by molar-refractivity contribution is 8.18. The number of rotatable bonds is 3. The van der Waals surface area contributed by atoms with E-state index in [1.165, 1.54) is 30.3 Å². The molecular formula is C20H19N3O4S. The number of benzene rings is 1. The molecule has 2 aromatic rings. The summed E-state index contributed by atoms with van der Waals surface area (Å²) in [6.45, 7) is 4.06. The molecule has 2 aliphatic rings. The molecule has 0 spiro atoms. The molecule has 1 saturated heterocycles. The van der Waals surface area contributed by atoms with Crippen molar-refractivity contribution >= 4 is 34.6 Å². The van der Waals surface area contributed by atoms with Gasteiger partial charge in [-0.1, -0.05) is 19.1 Å². The Balaban J connectivity index is 1.51. The van der Waals surface area contributed by atoms with Gasteiger partial charge in [0.2, 0.25) is 0 Å². The zero-order chi connectivity index (χ0) is 19.7. The van der Waals surface area contributed by atoms with Crippen LogP contribution in [0, 0.1) is 16.0 Å². The molecule has 1 fully saturated rings. The molecule has 28 heavy (non-hydrogen) atoms. The van der Waals surface area contributed by atoms with Crippen LogP contribution in [0.5, 0.6) is 0 Å². The van der Waals surface area contributed by atoms with E-state index in [9.17, 15) is 14.9 Å². The second-order valence-electron chi connectivity index (χ2n) is 7.01. The summed E-state index contributed by atoms with van der Waals surface area (Å²) in [5.41, 5.74) is 0.618. The van der Waals surface area contributed by atoms with E-state index in [4.69, 9.17) is 4.42 Å². The molecule has 0 saturated carbocycles. The van der Waals surface area contributed by atoms with Crippen LogP contribution < -0.4 is 0 Å². The van der Waals surface area contributed by atoms with Gasteiger partial charge >= 0.3 is 0 Å². The third-order valence-electron chi connectivity index (χ3n) is 4.78. The fraction of sp³-hybridized carbons (Fsp3) is 0.300. The van der Waals surface area contributed by atoms with Gasteiger partial charge < -0.3 is 9.32 Å². The van der Waals surface area contributed by atoms with Crippen molar-refractivity contribution in [2.75, 3.05) is 13.1 Å².